The van der Waals surface area contributed by atoms with E-state index in [2.05, 4.69) is 0 Å². The Morgan fingerprint density at radius 3 is 1.17 bits per heavy atom. The minimum Gasteiger partial charge on any atom is -0.396 e. The molecule has 0 aromatic carbocycles. The van der Waals surface area contributed by atoms with E-state index in [0.29, 0.717) is 52.9 Å². The van der Waals surface area contributed by atoms with E-state index in [-0.39, 0.29) is 38.9 Å². The Kier molecular flexibility index (Phi) is 19.3. The highest BCUT2D eigenvalue weighted by Crippen LogP contribution is 2.17. The van der Waals surface area contributed by atoms with Crippen LogP contribution in [0.1, 0.15) is 42.5 Å². The van der Waals surface area contributed by atoms with Gasteiger partial charge >= 0.3 is 0 Å². The molecule has 2 atom stereocenters. The monoisotopic (exact) mass is 354 g/mol. The number of rotatable bonds is 15. The molecule has 0 amide bonds. The summed E-state index contributed by atoms with van der Waals surface area (Å²) in [5.74, 6) is 0. The molecule has 0 fully saturated rings. The summed E-state index contributed by atoms with van der Waals surface area (Å²) in [7, 11) is 0. The second kappa shape index (κ2) is 16.2. The number of ether oxygens (including phenoxy) is 4. The number of hydrogen-bond acceptors (Lipinski definition) is 6. The molecule has 0 heterocycles. The molecular formula is C18H42O6. The molecule has 0 aromatic rings. The molecule has 2 N–H and O–H groups in total. The lowest BCUT2D eigenvalue weighted by atomic mass is 9.94. The molecule has 0 aromatic heterocycles. The topological polar surface area (TPSA) is 77.4 Å². The second-order valence-corrected chi connectivity index (χ2v) is 6.32. The van der Waals surface area contributed by atoms with Crippen molar-refractivity contribution in [3.63, 3.8) is 0 Å². The van der Waals surface area contributed by atoms with Gasteiger partial charge in [-0.15, -0.1) is 0 Å². The lowest BCUT2D eigenvalue weighted by molar-refractivity contribution is -0.0691. The molecule has 0 saturated heterocycles. The van der Waals surface area contributed by atoms with Gasteiger partial charge in [0.25, 0.3) is 0 Å². The molecule has 150 valence electrons. The van der Waals surface area contributed by atoms with Gasteiger partial charge in [0.1, 0.15) is 0 Å². The van der Waals surface area contributed by atoms with Crippen molar-refractivity contribution in [2.45, 2.75) is 42.5 Å². The van der Waals surface area contributed by atoms with E-state index >= 15 is 0 Å². The van der Waals surface area contributed by atoms with Crippen LogP contribution in [0.2, 0.25) is 0 Å². The minimum atomic E-state index is -0.384. The van der Waals surface area contributed by atoms with Crippen LogP contribution >= 0.6 is 0 Å². The SMILES string of the molecule is C.C.CCOCC(C)(CO)COCCOCC(C)(CO)COCC. The zero-order chi connectivity index (χ0) is 16.9. The Hall–Kier alpha value is -0.240. The van der Waals surface area contributed by atoms with E-state index < -0.39 is 0 Å². The van der Waals surface area contributed by atoms with Crippen molar-refractivity contribution in [3.8, 4) is 0 Å². The Balaban J connectivity index is -0.00000220. The van der Waals surface area contributed by atoms with Crippen molar-refractivity contribution in [2.75, 3.05) is 66.1 Å². The van der Waals surface area contributed by atoms with E-state index in [0.717, 1.165) is 0 Å². The standard InChI is InChI=1S/C16H34O6.2CH4/c1-5-19-11-15(3,9-17)13-21-7-8-22-14-16(4,10-18)12-20-6-2;;/h17-18H,5-14H2,1-4H3;2*1H4. The number of aliphatic hydroxyl groups excluding tert-OH is 2. The summed E-state index contributed by atoms with van der Waals surface area (Å²) in [5.41, 5.74) is -0.769. The average Bonchev–Trinajstić information content (AvgIpc) is 2.54. The summed E-state index contributed by atoms with van der Waals surface area (Å²) in [6.07, 6.45) is 0. The third-order valence-electron chi connectivity index (χ3n) is 3.35. The predicted molar refractivity (Wildman–Crippen MR) is 98.5 cm³/mol. The number of aliphatic hydroxyl groups is 2. The Labute approximate surface area is 149 Å². The van der Waals surface area contributed by atoms with Crippen molar-refractivity contribution >= 4 is 0 Å². The van der Waals surface area contributed by atoms with Crippen molar-refractivity contribution in [1.82, 2.24) is 0 Å². The van der Waals surface area contributed by atoms with Crippen LogP contribution in [-0.4, -0.2) is 76.3 Å². The summed E-state index contributed by atoms with van der Waals surface area (Å²) in [6.45, 7) is 11.6. The van der Waals surface area contributed by atoms with Gasteiger partial charge in [-0.05, 0) is 13.8 Å². The fourth-order valence-electron chi connectivity index (χ4n) is 1.72. The number of hydrogen-bond donors (Lipinski definition) is 2. The van der Waals surface area contributed by atoms with Gasteiger partial charge in [-0.25, -0.2) is 0 Å². The molecule has 6 heteroatoms. The van der Waals surface area contributed by atoms with E-state index in [4.69, 9.17) is 18.9 Å². The highest BCUT2D eigenvalue weighted by Gasteiger charge is 2.25. The van der Waals surface area contributed by atoms with Crippen LogP contribution < -0.4 is 0 Å². The van der Waals surface area contributed by atoms with E-state index in [1.165, 1.54) is 0 Å². The molecule has 0 rings (SSSR count). The first kappa shape index (κ1) is 28.6. The fraction of sp³-hybridized carbons (Fsp3) is 1.00. The first-order valence-corrected chi connectivity index (χ1v) is 7.98. The molecule has 0 radical (unpaired) electrons. The van der Waals surface area contributed by atoms with Crippen molar-refractivity contribution in [3.05, 3.63) is 0 Å². The second-order valence-electron chi connectivity index (χ2n) is 6.32. The van der Waals surface area contributed by atoms with Gasteiger partial charge in [-0.2, -0.15) is 0 Å². The molecule has 0 aliphatic rings. The molecule has 0 spiro atoms. The molecule has 24 heavy (non-hydrogen) atoms. The van der Waals surface area contributed by atoms with Crippen LogP contribution in [0.4, 0.5) is 0 Å². The third-order valence-corrected chi connectivity index (χ3v) is 3.35. The van der Waals surface area contributed by atoms with Gasteiger partial charge in [-0.3, -0.25) is 0 Å². The maximum Gasteiger partial charge on any atom is 0.0700 e. The summed E-state index contributed by atoms with van der Waals surface area (Å²) in [5, 5.41) is 18.8. The highest BCUT2D eigenvalue weighted by molar-refractivity contribution is 4.73. The Morgan fingerprint density at radius 2 is 0.917 bits per heavy atom. The van der Waals surface area contributed by atoms with Crippen LogP contribution in [0, 0.1) is 10.8 Å². The summed E-state index contributed by atoms with van der Waals surface area (Å²) < 4.78 is 21.8. The largest absolute Gasteiger partial charge is 0.396 e. The van der Waals surface area contributed by atoms with Gasteiger partial charge in [0, 0.05) is 24.0 Å². The van der Waals surface area contributed by atoms with Gasteiger partial charge in [0.05, 0.1) is 52.9 Å². The smallest absolute Gasteiger partial charge is 0.0700 e. The van der Waals surface area contributed by atoms with Gasteiger partial charge in [0.15, 0.2) is 0 Å². The first-order chi connectivity index (χ1) is 10.4. The van der Waals surface area contributed by atoms with Crippen molar-refractivity contribution < 1.29 is 29.2 Å². The van der Waals surface area contributed by atoms with E-state index in [1.54, 1.807) is 0 Å². The molecule has 0 bridgehead atoms. The fourth-order valence-corrected chi connectivity index (χ4v) is 1.72. The molecule has 0 saturated carbocycles. The predicted octanol–water partition coefficient (Wildman–Crippen LogP) is 2.36. The molecule has 0 aliphatic carbocycles. The maximum absolute atomic E-state index is 9.40. The zero-order valence-corrected chi connectivity index (χ0v) is 14.6. The minimum absolute atomic E-state index is 0. The van der Waals surface area contributed by atoms with Crippen molar-refractivity contribution in [1.29, 1.82) is 0 Å². The van der Waals surface area contributed by atoms with Crippen LogP contribution in [0.25, 0.3) is 0 Å². The quantitative estimate of drug-likeness (QED) is 0.440. The molecular weight excluding hydrogens is 312 g/mol. The van der Waals surface area contributed by atoms with Crippen LogP contribution in [0.3, 0.4) is 0 Å². The third kappa shape index (κ3) is 13.1. The van der Waals surface area contributed by atoms with Crippen LogP contribution in [0.5, 0.6) is 0 Å². The van der Waals surface area contributed by atoms with E-state index in [1.807, 2.05) is 27.7 Å². The Bertz CT molecular complexity index is 238. The van der Waals surface area contributed by atoms with Gasteiger partial charge in [-0.1, -0.05) is 28.7 Å². The summed E-state index contributed by atoms with van der Waals surface area (Å²) in [4.78, 5) is 0. The molecule has 2 unspecified atom stereocenters. The van der Waals surface area contributed by atoms with Gasteiger partial charge < -0.3 is 29.2 Å². The van der Waals surface area contributed by atoms with Crippen LogP contribution in [-0.2, 0) is 18.9 Å². The zero-order valence-electron chi connectivity index (χ0n) is 14.6. The average molecular weight is 355 g/mol. The van der Waals surface area contributed by atoms with Crippen molar-refractivity contribution in [2.24, 2.45) is 10.8 Å². The summed E-state index contributed by atoms with van der Waals surface area (Å²) >= 11 is 0. The lowest BCUT2D eigenvalue weighted by Crippen LogP contribution is -2.35. The molecule has 6 nitrogen and oxygen atoms in total. The Morgan fingerprint density at radius 1 is 0.625 bits per heavy atom. The normalized spacial score (nSPS) is 15.8. The summed E-state index contributed by atoms with van der Waals surface area (Å²) in [6, 6.07) is 0. The van der Waals surface area contributed by atoms with E-state index in [9.17, 15) is 10.2 Å². The highest BCUT2D eigenvalue weighted by atomic mass is 16.5. The first-order valence-electron chi connectivity index (χ1n) is 7.98. The van der Waals surface area contributed by atoms with Gasteiger partial charge in [0.2, 0.25) is 0 Å². The molecule has 0 aliphatic heterocycles. The maximum atomic E-state index is 9.40. The lowest BCUT2D eigenvalue weighted by Gasteiger charge is -2.28. The van der Waals surface area contributed by atoms with Crippen LogP contribution in [0.15, 0.2) is 0 Å².